The Balaban J connectivity index is 2.86. The van der Waals surface area contributed by atoms with E-state index in [0.717, 1.165) is 5.56 Å². The zero-order valence-corrected chi connectivity index (χ0v) is 9.21. The third-order valence-corrected chi connectivity index (χ3v) is 2.14. The zero-order chi connectivity index (χ0) is 12.8. The molecule has 0 radical (unpaired) electrons. The molecule has 0 aliphatic rings. The summed E-state index contributed by atoms with van der Waals surface area (Å²) >= 11 is 0. The van der Waals surface area contributed by atoms with Crippen molar-refractivity contribution in [2.45, 2.75) is 13.3 Å². The second-order valence-corrected chi connectivity index (χ2v) is 3.32. The molecular formula is C10H12N4O3. The molecule has 1 aromatic rings. The Bertz CT molecular complexity index is 471. The lowest BCUT2D eigenvalue weighted by molar-refractivity contribution is -0.385. The molecule has 0 fully saturated rings. The topological polar surface area (TPSA) is 111 Å². The monoisotopic (exact) mass is 236 g/mol. The van der Waals surface area contributed by atoms with Crippen molar-refractivity contribution in [1.29, 1.82) is 0 Å². The van der Waals surface area contributed by atoms with Gasteiger partial charge < -0.3 is 5.73 Å². The number of hydrazone groups is 1. The molecule has 17 heavy (non-hydrogen) atoms. The number of nitrogens with two attached hydrogens (primary N) is 1. The molecule has 7 heteroatoms. The van der Waals surface area contributed by atoms with Crippen molar-refractivity contribution in [2.75, 3.05) is 0 Å². The number of urea groups is 1. The number of nitrogens with zero attached hydrogens (tertiary/aromatic N) is 2. The average molecular weight is 236 g/mol. The summed E-state index contributed by atoms with van der Waals surface area (Å²) in [4.78, 5) is 20.7. The van der Waals surface area contributed by atoms with Crippen molar-refractivity contribution in [2.24, 2.45) is 10.8 Å². The first-order chi connectivity index (χ1) is 8.02. The van der Waals surface area contributed by atoms with Crippen molar-refractivity contribution in [3.05, 3.63) is 39.4 Å². The SMILES string of the molecule is Cc1cccc([N+](=O)[O-])c1C/C=N/NC(N)=O. The molecule has 0 saturated heterocycles. The van der Waals surface area contributed by atoms with E-state index in [1.165, 1.54) is 12.3 Å². The van der Waals surface area contributed by atoms with E-state index in [4.69, 9.17) is 5.73 Å². The number of amides is 2. The number of hydrogen-bond donors (Lipinski definition) is 2. The van der Waals surface area contributed by atoms with Gasteiger partial charge in [0, 0.05) is 24.3 Å². The van der Waals surface area contributed by atoms with E-state index in [1.54, 1.807) is 19.1 Å². The van der Waals surface area contributed by atoms with Crippen molar-refractivity contribution in [1.82, 2.24) is 5.43 Å². The molecule has 3 N–H and O–H groups in total. The van der Waals surface area contributed by atoms with Crippen LogP contribution in [0.1, 0.15) is 11.1 Å². The minimum atomic E-state index is -0.777. The first-order valence-corrected chi connectivity index (χ1v) is 4.82. The Morgan fingerprint density at radius 1 is 1.65 bits per heavy atom. The Morgan fingerprint density at radius 2 is 2.35 bits per heavy atom. The van der Waals surface area contributed by atoms with Crippen molar-refractivity contribution in [3.8, 4) is 0 Å². The van der Waals surface area contributed by atoms with Crippen LogP contribution in [-0.2, 0) is 6.42 Å². The normalized spacial score (nSPS) is 10.4. The number of benzene rings is 1. The fraction of sp³-hybridized carbons (Fsp3) is 0.200. The predicted octanol–water partition coefficient (Wildman–Crippen LogP) is 1.10. The summed E-state index contributed by atoms with van der Waals surface area (Å²) in [6, 6.07) is 4.05. The maximum absolute atomic E-state index is 10.8. The standard InChI is InChI=1S/C10H12N4O3/c1-7-3-2-4-9(14(16)17)8(7)5-6-12-13-10(11)15/h2-4,6H,5H2,1H3,(H3,11,13,15)/b12-6+. The first-order valence-electron chi connectivity index (χ1n) is 4.82. The Hall–Kier alpha value is -2.44. The van der Waals surface area contributed by atoms with Crippen LogP contribution >= 0.6 is 0 Å². The number of nitro groups is 1. The molecule has 0 atom stereocenters. The predicted molar refractivity (Wildman–Crippen MR) is 62.7 cm³/mol. The second-order valence-electron chi connectivity index (χ2n) is 3.32. The van der Waals surface area contributed by atoms with E-state index in [0.29, 0.717) is 5.56 Å². The third-order valence-electron chi connectivity index (χ3n) is 2.14. The molecule has 0 saturated carbocycles. The smallest absolute Gasteiger partial charge is 0.332 e. The fourth-order valence-corrected chi connectivity index (χ4v) is 1.37. The van der Waals surface area contributed by atoms with Crippen LogP contribution in [0.5, 0.6) is 0 Å². The molecule has 0 aromatic heterocycles. The molecule has 90 valence electrons. The highest BCUT2D eigenvalue weighted by Gasteiger charge is 2.13. The maximum atomic E-state index is 10.8. The molecule has 0 bridgehead atoms. The van der Waals surface area contributed by atoms with Crippen LogP contribution in [-0.4, -0.2) is 17.2 Å². The van der Waals surface area contributed by atoms with E-state index in [2.05, 4.69) is 5.10 Å². The van der Waals surface area contributed by atoms with Crippen LogP contribution in [0.15, 0.2) is 23.3 Å². The van der Waals surface area contributed by atoms with Crippen LogP contribution in [0.2, 0.25) is 0 Å². The van der Waals surface area contributed by atoms with Gasteiger partial charge >= 0.3 is 6.03 Å². The summed E-state index contributed by atoms with van der Waals surface area (Å²) in [6.07, 6.45) is 1.61. The van der Waals surface area contributed by atoms with E-state index >= 15 is 0 Å². The summed E-state index contributed by atoms with van der Waals surface area (Å²) in [6.45, 7) is 1.78. The van der Waals surface area contributed by atoms with Crippen LogP contribution in [0.25, 0.3) is 0 Å². The summed E-state index contributed by atoms with van der Waals surface area (Å²) in [7, 11) is 0. The highest BCUT2D eigenvalue weighted by atomic mass is 16.6. The Labute approximate surface area is 97.5 Å². The lowest BCUT2D eigenvalue weighted by Gasteiger charge is -2.03. The van der Waals surface area contributed by atoms with Crippen LogP contribution in [0, 0.1) is 17.0 Å². The molecule has 0 aliphatic carbocycles. The number of nitrogens with one attached hydrogen (secondary N) is 1. The highest BCUT2D eigenvalue weighted by molar-refractivity contribution is 5.73. The Morgan fingerprint density at radius 3 is 2.94 bits per heavy atom. The number of rotatable bonds is 4. The van der Waals surface area contributed by atoms with Crippen LogP contribution in [0.4, 0.5) is 10.5 Å². The quantitative estimate of drug-likeness (QED) is 0.463. The maximum Gasteiger partial charge on any atom is 0.332 e. The number of nitro benzene ring substituents is 1. The molecule has 0 heterocycles. The minimum absolute atomic E-state index is 0.0375. The van der Waals surface area contributed by atoms with Gasteiger partial charge in [-0.1, -0.05) is 12.1 Å². The largest absolute Gasteiger partial charge is 0.350 e. The van der Waals surface area contributed by atoms with Crippen molar-refractivity contribution < 1.29 is 9.72 Å². The van der Waals surface area contributed by atoms with Crippen LogP contribution in [0.3, 0.4) is 0 Å². The molecule has 1 aromatic carbocycles. The van der Waals surface area contributed by atoms with E-state index in [9.17, 15) is 14.9 Å². The van der Waals surface area contributed by atoms with Gasteiger partial charge in [0.15, 0.2) is 0 Å². The number of carbonyl (C=O) groups excluding carboxylic acids is 1. The van der Waals surface area contributed by atoms with Gasteiger partial charge in [0.2, 0.25) is 0 Å². The summed E-state index contributed by atoms with van der Waals surface area (Å²) in [5.41, 5.74) is 8.23. The molecule has 0 aliphatic heterocycles. The van der Waals surface area contributed by atoms with Gasteiger partial charge in [0.05, 0.1) is 4.92 Å². The lowest BCUT2D eigenvalue weighted by atomic mass is 10.0. The summed E-state index contributed by atoms with van der Waals surface area (Å²) in [5.74, 6) is 0. The molecule has 0 spiro atoms. The molecule has 7 nitrogen and oxygen atoms in total. The Kier molecular flexibility index (Phi) is 4.15. The number of primary amides is 1. The van der Waals surface area contributed by atoms with Crippen molar-refractivity contribution >= 4 is 17.9 Å². The first kappa shape index (κ1) is 12.6. The minimum Gasteiger partial charge on any atom is -0.350 e. The zero-order valence-electron chi connectivity index (χ0n) is 9.21. The van der Waals surface area contributed by atoms with Crippen LogP contribution < -0.4 is 11.2 Å². The highest BCUT2D eigenvalue weighted by Crippen LogP contribution is 2.21. The molecular weight excluding hydrogens is 224 g/mol. The van der Waals surface area contributed by atoms with Gasteiger partial charge in [-0.2, -0.15) is 5.10 Å². The van der Waals surface area contributed by atoms with E-state index in [1.807, 2.05) is 5.43 Å². The van der Waals surface area contributed by atoms with Crippen molar-refractivity contribution in [3.63, 3.8) is 0 Å². The fourth-order valence-electron chi connectivity index (χ4n) is 1.37. The lowest BCUT2D eigenvalue weighted by Crippen LogP contribution is -2.24. The molecule has 1 rings (SSSR count). The van der Waals surface area contributed by atoms with Gasteiger partial charge in [0.25, 0.3) is 5.69 Å². The van der Waals surface area contributed by atoms with Gasteiger partial charge in [0.1, 0.15) is 0 Å². The van der Waals surface area contributed by atoms with Gasteiger partial charge in [-0.05, 0) is 12.5 Å². The molecule has 2 amide bonds. The second kappa shape index (κ2) is 5.59. The van der Waals surface area contributed by atoms with E-state index in [-0.39, 0.29) is 12.1 Å². The number of aryl methyl sites for hydroxylation is 1. The average Bonchev–Trinajstić information content (AvgIpc) is 2.25. The van der Waals surface area contributed by atoms with Gasteiger partial charge in [-0.3, -0.25) is 10.1 Å². The third kappa shape index (κ3) is 3.56. The summed E-state index contributed by atoms with van der Waals surface area (Å²) in [5, 5.41) is 14.3. The van der Waals surface area contributed by atoms with Gasteiger partial charge in [-0.15, -0.1) is 0 Å². The molecule has 0 unspecified atom stereocenters. The van der Waals surface area contributed by atoms with E-state index < -0.39 is 11.0 Å². The number of hydrogen-bond acceptors (Lipinski definition) is 4. The number of carbonyl (C=O) groups is 1. The van der Waals surface area contributed by atoms with Gasteiger partial charge in [-0.25, -0.2) is 10.2 Å². The summed E-state index contributed by atoms with van der Waals surface area (Å²) < 4.78 is 0.